The van der Waals surface area contributed by atoms with Gasteiger partial charge in [-0.1, -0.05) is 0 Å². The Labute approximate surface area is 114 Å². The van der Waals surface area contributed by atoms with Crippen LogP contribution in [0.3, 0.4) is 0 Å². The molecule has 0 amide bonds. The Kier molecular flexibility index (Phi) is 3.22. The van der Waals surface area contributed by atoms with E-state index in [-0.39, 0.29) is 6.10 Å². The topological polar surface area (TPSA) is 42.7 Å². The molecule has 0 saturated carbocycles. The largest absolute Gasteiger partial charge is 0.380 e. The van der Waals surface area contributed by atoms with Gasteiger partial charge in [0, 0.05) is 38.8 Å². The van der Waals surface area contributed by atoms with Crippen molar-refractivity contribution in [2.45, 2.75) is 18.9 Å². The second-order valence-electron chi connectivity index (χ2n) is 4.49. The zero-order chi connectivity index (χ0) is 12.5. The van der Waals surface area contributed by atoms with Gasteiger partial charge in [0.15, 0.2) is 11.5 Å². The van der Waals surface area contributed by atoms with E-state index in [1.54, 1.807) is 13.3 Å². The van der Waals surface area contributed by atoms with Gasteiger partial charge in [-0.2, -0.15) is 0 Å². The van der Waals surface area contributed by atoms with Crippen molar-refractivity contribution in [2.75, 3.05) is 25.1 Å². The van der Waals surface area contributed by atoms with Crippen LogP contribution in [0, 0.1) is 0 Å². The Morgan fingerprint density at radius 1 is 1.50 bits per heavy atom. The third kappa shape index (κ3) is 2.10. The predicted molar refractivity (Wildman–Crippen MR) is 72.9 cm³/mol. The van der Waals surface area contributed by atoms with Crippen LogP contribution in [-0.2, 0) is 4.74 Å². The summed E-state index contributed by atoms with van der Waals surface area (Å²) in [4.78, 5) is 11.2. The van der Waals surface area contributed by atoms with Gasteiger partial charge in [0.25, 0.3) is 0 Å². The highest BCUT2D eigenvalue weighted by Gasteiger charge is 2.23. The van der Waals surface area contributed by atoms with E-state index in [1.807, 2.05) is 16.8 Å². The Morgan fingerprint density at radius 2 is 2.39 bits per heavy atom. The lowest BCUT2D eigenvalue weighted by atomic mass is 10.1. The maximum Gasteiger partial charge on any atom is 0.180 e. The summed E-state index contributed by atoms with van der Waals surface area (Å²) in [6, 6.07) is 0. The van der Waals surface area contributed by atoms with E-state index in [4.69, 9.17) is 4.74 Å². The molecule has 1 aliphatic heterocycles. The molecular weight excluding hydrogens is 296 g/mol. The van der Waals surface area contributed by atoms with Gasteiger partial charge in [-0.3, -0.25) is 0 Å². The van der Waals surface area contributed by atoms with Crippen LogP contribution in [0.25, 0.3) is 5.65 Å². The number of fused-ring (bicyclic) bond motifs is 1. The van der Waals surface area contributed by atoms with E-state index in [1.165, 1.54) is 0 Å². The van der Waals surface area contributed by atoms with Crippen LogP contribution in [0.2, 0.25) is 0 Å². The zero-order valence-electron chi connectivity index (χ0n) is 10.2. The second-order valence-corrected chi connectivity index (χ2v) is 5.30. The molecule has 3 rings (SSSR count). The molecule has 2 aromatic heterocycles. The van der Waals surface area contributed by atoms with Crippen molar-refractivity contribution in [2.24, 2.45) is 0 Å². The molecule has 0 radical (unpaired) electrons. The number of piperidine rings is 1. The molecule has 6 heteroatoms. The zero-order valence-corrected chi connectivity index (χ0v) is 11.8. The number of anilines is 1. The molecule has 18 heavy (non-hydrogen) atoms. The first kappa shape index (κ1) is 11.9. The summed E-state index contributed by atoms with van der Waals surface area (Å²) in [7, 11) is 1.77. The van der Waals surface area contributed by atoms with Crippen molar-refractivity contribution in [3.8, 4) is 0 Å². The van der Waals surface area contributed by atoms with Gasteiger partial charge in [0.05, 0.1) is 6.10 Å². The SMILES string of the molecule is COC1CCCN(c2nc(Br)cn3ccnc23)C1. The molecular formula is C12H15BrN4O. The van der Waals surface area contributed by atoms with E-state index in [0.29, 0.717) is 0 Å². The monoisotopic (exact) mass is 310 g/mol. The number of rotatable bonds is 2. The summed E-state index contributed by atoms with van der Waals surface area (Å²) >= 11 is 3.45. The summed E-state index contributed by atoms with van der Waals surface area (Å²) in [5.74, 6) is 0.927. The van der Waals surface area contributed by atoms with Gasteiger partial charge in [-0.05, 0) is 28.8 Å². The molecule has 1 aliphatic rings. The van der Waals surface area contributed by atoms with Gasteiger partial charge in [-0.15, -0.1) is 0 Å². The average molecular weight is 311 g/mol. The van der Waals surface area contributed by atoms with Crippen LogP contribution in [0.5, 0.6) is 0 Å². The number of aromatic nitrogens is 3. The maximum atomic E-state index is 5.46. The summed E-state index contributed by atoms with van der Waals surface area (Å²) in [5, 5.41) is 0. The normalized spacial score (nSPS) is 20.6. The first-order valence-corrected chi connectivity index (χ1v) is 6.84. The Balaban J connectivity index is 2.00. The maximum absolute atomic E-state index is 5.46. The van der Waals surface area contributed by atoms with Crippen LogP contribution >= 0.6 is 15.9 Å². The van der Waals surface area contributed by atoms with Crippen molar-refractivity contribution in [1.82, 2.24) is 14.4 Å². The molecule has 5 nitrogen and oxygen atoms in total. The quantitative estimate of drug-likeness (QED) is 0.852. The Hall–Kier alpha value is -1.14. The van der Waals surface area contributed by atoms with E-state index in [0.717, 1.165) is 42.0 Å². The van der Waals surface area contributed by atoms with Crippen LogP contribution in [0.1, 0.15) is 12.8 Å². The summed E-state index contributed by atoms with van der Waals surface area (Å²) in [5.41, 5.74) is 0.898. The molecule has 0 N–H and O–H groups in total. The summed E-state index contributed by atoms with van der Waals surface area (Å²) < 4.78 is 8.27. The third-order valence-corrected chi connectivity index (χ3v) is 3.72. The minimum atomic E-state index is 0.287. The van der Waals surface area contributed by atoms with Crippen molar-refractivity contribution in [1.29, 1.82) is 0 Å². The third-order valence-electron chi connectivity index (χ3n) is 3.34. The second kappa shape index (κ2) is 4.85. The van der Waals surface area contributed by atoms with E-state index in [2.05, 4.69) is 30.8 Å². The lowest BCUT2D eigenvalue weighted by Gasteiger charge is -2.32. The van der Waals surface area contributed by atoms with E-state index >= 15 is 0 Å². The minimum Gasteiger partial charge on any atom is -0.380 e. The van der Waals surface area contributed by atoms with Gasteiger partial charge in [-0.25, -0.2) is 9.97 Å². The minimum absolute atomic E-state index is 0.287. The molecule has 96 valence electrons. The highest BCUT2D eigenvalue weighted by atomic mass is 79.9. The fourth-order valence-corrected chi connectivity index (χ4v) is 2.81. The van der Waals surface area contributed by atoms with Gasteiger partial charge < -0.3 is 14.0 Å². The number of ether oxygens (including phenoxy) is 1. The first-order valence-electron chi connectivity index (χ1n) is 6.05. The van der Waals surface area contributed by atoms with Gasteiger partial charge in [0.2, 0.25) is 0 Å². The van der Waals surface area contributed by atoms with E-state index in [9.17, 15) is 0 Å². The Morgan fingerprint density at radius 3 is 3.22 bits per heavy atom. The molecule has 1 saturated heterocycles. The van der Waals surface area contributed by atoms with Crippen LogP contribution < -0.4 is 4.90 Å². The number of methoxy groups -OCH3 is 1. The molecule has 2 aromatic rings. The highest BCUT2D eigenvalue weighted by Crippen LogP contribution is 2.24. The number of imidazole rings is 1. The summed E-state index contributed by atoms with van der Waals surface area (Å²) in [6.45, 7) is 1.88. The predicted octanol–water partition coefficient (Wildman–Crippen LogP) is 2.11. The number of nitrogens with zero attached hydrogens (tertiary/aromatic N) is 4. The lowest BCUT2D eigenvalue weighted by molar-refractivity contribution is 0.0892. The van der Waals surface area contributed by atoms with Crippen molar-refractivity contribution < 1.29 is 4.74 Å². The van der Waals surface area contributed by atoms with Crippen LogP contribution in [0.15, 0.2) is 23.2 Å². The fraction of sp³-hybridized carbons (Fsp3) is 0.500. The average Bonchev–Trinajstić information content (AvgIpc) is 2.85. The molecule has 3 heterocycles. The fourth-order valence-electron chi connectivity index (χ4n) is 2.42. The smallest absolute Gasteiger partial charge is 0.180 e. The summed E-state index contributed by atoms with van der Waals surface area (Å²) in [6.07, 6.45) is 8.18. The van der Waals surface area contributed by atoms with E-state index < -0.39 is 0 Å². The molecule has 0 aliphatic carbocycles. The standard InChI is InChI=1S/C12H15BrN4O/c1-18-9-3-2-5-16(7-9)12-11-14-4-6-17(11)8-10(13)15-12/h4,6,8-9H,2-3,5,7H2,1H3. The molecule has 0 aromatic carbocycles. The van der Waals surface area contributed by atoms with Crippen LogP contribution in [0.4, 0.5) is 5.82 Å². The Bertz CT molecular complexity index is 556. The van der Waals surface area contributed by atoms with Crippen molar-refractivity contribution in [3.05, 3.63) is 23.2 Å². The highest BCUT2D eigenvalue weighted by molar-refractivity contribution is 9.10. The van der Waals surface area contributed by atoms with Crippen molar-refractivity contribution >= 4 is 27.4 Å². The van der Waals surface area contributed by atoms with Crippen LogP contribution in [-0.4, -0.2) is 40.7 Å². The lowest BCUT2D eigenvalue weighted by Crippen LogP contribution is -2.40. The number of hydrogen-bond donors (Lipinski definition) is 0. The molecule has 0 bridgehead atoms. The van der Waals surface area contributed by atoms with Crippen molar-refractivity contribution in [3.63, 3.8) is 0 Å². The molecule has 1 unspecified atom stereocenters. The van der Waals surface area contributed by atoms with Gasteiger partial charge in [0.1, 0.15) is 4.60 Å². The molecule has 1 fully saturated rings. The first-order chi connectivity index (χ1) is 8.78. The number of hydrogen-bond acceptors (Lipinski definition) is 4. The molecule has 1 atom stereocenters. The number of halogens is 1. The molecule has 0 spiro atoms. The van der Waals surface area contributed by atoms with Gasteiger partial charge >= 0.3 is 0 Å².